The number of nitro groups is 1. The van der Waals surface area contributed by atoms with E-state index in [0.29, 0.717) is 17.6 Å². The topological polar surface area (TPSA) is 82.2 Å². The maximum Gasteiger partial charge on any atom is 0.270 e. The second kappa shape index (κ2) is 7.30. The predicted molar refractivity (Wildman–Crippen MR) is 81.5 cm³/mol. The van der Waals surface area contributed by atoms with Gasteiger partial charge in [0.15, 0.2) is 0 Å². The molecule has 0 radical (unpaired) electrons. The Morgan fingerprint density at radius 3 is 2.95 bits per heavy atom. The second-order valence-electron chi connectivity index (χ2n) is 4.31. The van der Waals surface area contributed by atoms with Gasteiger partial charge in [0, 0.05) is 38.5 Å². The molecule has 0 saturated heterocycles. The van der Waals surface area contributed by atoms with Crippen LogP contribution in [0, 0.1) is 10.1 Å². The van der Waals surface area contributed by atoms with Gasteiger partial charge in [-0.2, -0.15) is 5.10 Å². The summed E-state index contributed by atoms with van der Waals surface area (Å²) in [6, 6.07) is 6.48. The van der Waals surface area contributed by atoms with Gasteiger partial charge in [0.25, 0.3) is 5.69 Å². The Balaban J connectivity index is 2.08. The summed E-state index contributed by atoms with van der Waals surface area (Å²) in [6.07, 6.45) is 1.82. The number of methoxy groups -OCH3 is 1. The lowest BCUT2D eigenvalue weighted by molar-refractivity contribution is -0.384. The number of aromatic nitrogens is 2. The summed E-state index contributed by atoms with van der Waals surface area (Å²) >= 11 is 3.34. The van der Waals surface area contributed by atoms with E-state index in [1.165, 1.54) is 12.1 Å². The van der Waals surface area contributed by atoms with Crippen molar-refractivity contribution in [2.24, 2.45) is 0 Å². The van der Waals surface area contributed by atoms with Crippen molar-refractivity contribution in [1.29, 1.82) is 0 Å². The lowest BCUT2D eigenvalue weighted by atomic mass is 10.3. The summed E-state index contributed by atoms with van der Waals surface area (Å²) in [5.41, 5.74) is 1.68. The van der Waals surface area contributed by atoms with Crippen molar-refractivity contribution in [3.8, 4) is 5.69 Å². The van der Waals surface area contributed by atoms with Gasteiger partial charge in [0.1, 0.15) is 0 Å². The highest BCUT2D eigenvalue weighted by Crippen LogP contribution is 2.25. The minimum Gasteiger partial charge on any atom is -0.383 e. The Bertz CT molecular complexity index is 630. The zero-order valence-electron chi connectivity index (χ0n) is 11.5. The Morgan fingerprint density at radius 2 is 2.29 bits per heavy atom. The highest BCUT2D eigenvalue weighted by atomic mass is 79.9. The van der Waals surface area contributed by atoms with Gasteiger partial charge in [-0.25, -0.2) is 4.68 Å². The fraction of sp³-hybridized carbons (Fsp3) is 0.308. The van der Waals surface area contributed by atoms with Crippen molar-refractivity contribution in [2.45, 2.75) is 6.54 Å². The molecule has 2 aromatic rings. The molecule has 0 unspecified atom stereocenters. The molecular formula is C13H15BrN4O3. The van der Waals surface area contributed by atoms with Crippen LogP contribution in [0.4, 0.5) is 5.69 Å². The molecule has 1 aromatic heterocycles. The zero-order valence-corrected chi connectivity index (χ0v) is 13.0. The van der Waals surface area contributed by atoms with Gasteiger partial charge in [0.2, 0.25) is 0 Å². The number of nitrogens with zero attached hydrogens (tertiary/aromatic N) is 3. The summed E-state index contributed by atoms with van der Waals surface area (Å²) in [5.74, 6) is 0. The average Bonchev–Trinajstić information content (AvgIpc) is 2.92. The number of hydrogen-bond acceptors (Lipinski definition) is 5. The van der Waals surface area contributed by atoms with E-state index in [-0.39, 0.29) is 5.69 Å². The first kappa shape index (κ1) is 15.6. The Hall–Kier alpha value is -1.77. The molecule has 0 bridgehead atoms. The zero-order chi connectivity index (χ0) is 15.2. The molecule has 0 aliphatic carbocycles. The maximum absolute atomic E-state index is 10.7. The van der Waals surface area contributed by atoms with E-state index in [9.17, 15) is 10.1 Å². The van der Waals surface area contributed by atoms with Crippen LogP contribution < -0.4 is 5.32 Å². The molecule has 8 heteroatoms. The van der Waals surface area contributed by atoms with E-state index in [1.54, 1.807) is 17.9 Å². The molecule has 0 aliphatic heterocycles. The summed E-state index contributed by atoms with van der Waals surface area (Å²) in [5, 5.41) is 18.4. The standard InChI is InChI=1S/C13H15BrN4O3/c1-21-7-5-15-9-10-4-6-17(16-10)13-3-2-11(18(19)20)8-12(13)14/h2-4,6,8,15H,5,7,9H2,1H3. The van der Waals surface area contributed by atoms with Gasteiger partial charge in [-0.05, 0) is 28.1 Å². The van der Waals surface area contributed by atoms with E-state index in [4.69, 9.17) is 4.74 Å². The fourth-order valence-corrected chi connectivity index (χ4v) is 2.32. The molecule has 1 heterocycles. The van der Waals surface area contributed by atoms with Crippen LogP contribution in [0.25, 0.3) is 5.69 Å². The molecule has 21 heavy (non-hydrogen) atoms. The highest BCUT2D eigenvalue weighted by Gasteiger charge is 2.11. The van der Waals surface area contributed by atoms with Gasteiger partial charge in [-0.15, -0.1) is 0 Å². The number of nitro benzene ring substituents is 1. The molecule has 2 rings (SSSR count). The van der Waals surface area contributed by atoms with E-state index in [0.717, 1.165) is 17.9 Å². The van der Waals surface area contributed by atoms with Gasteiger partial charge < -0.3 is 10.1 Å². The molecule has 1 N–H and O–H groups in total. The molecule has 112 valence electrons. The van der Waals surface area contributed by atoms with Crippen LogP contribution in [0.2, 0.25) is 0 Å². The molecule has 0 fully saturated rings. The molecule has 7 nitrogen and oxygen atoms in total. The largest absolute Gasteiger partial charge is 0.383 e. The van der Waals surface area contributed by atoms with Crippen LogP contribution in [0.3, 0.4) is 0 Å². The normalized spacial score (nSPS) is 10.8. The summed E-state index contributed by atoms with van der Waals surface area (Å²) < 4.78 is 7.26. The van der Waals surface area contributed by atoms with Crippen LogP contribution >= 0.6 is 15.9 Å². The van der Waals surface area contributed by atoms with Gasteiger partial charge in [0.05, 0.1) is 27.4 Å². The SMILES string of the molecule is COCCNCc1ccn(-c2ccc([N+](=O)[O-])cc2Br)n1. The molecular weight excluding hydrogens is 340 g/mol. The van der Waals surface area contributed by atoms with Gasteiger partial charge in [-0.1, -0.05) is 0 Å². The number of hydrogen-bond donors (Lipinski definition) is 1. The average molecular weight is 355 g/mol. The molecule has 0 aliphatic rings. The van der Waals surface area contributed by atoms with Gasteiger partial charge >= 0.3 is 0 Å². The Labute approximate surface area is 130 Å². The number of nitrogens with one attached hydrogen (secondary N) is 1. The maximum atomic E-state index is 10.7. The number of halogens is 1. The van der Waals surface area contributed by atoms with E-state index in [2.05, 4.69) is 26.3 Å². The predicted octanol–water partition coefficient (Wildman–Crippen LogP) is 2.28. The Morgan fingerprint density at radius 1 is 1.48 bits per heavy atom. The van der Waals surface area contributed by atoms with E-state index < -0.39 is 4.92 Å². The summed E-state index contributed by atoms with van der Waals surface area (Å²) in [4.78, 5) is 10.3. The van der Waals surface area contributed by atoms with E-state index in [1.807, 2.05) is 12.3 Å². The van der Waals surface area contributed by atoms with Crippen LogP contribution in [-0.4, -0.2) is 35.0 Å². The molecule has 0 saturated carbocycles. The van der Waals surface area contributed by atoms with Crippen LogP contribution in [-0.2, 0) is 11.3 Å². The van der Waals surface area contributed by atoms with Crippen LogP contribution in [0.15, 0.2) is 34.9 Å². The van der Waals surface area contributed by atoms with Crippen molar-refractivity contribution in [3.63, 3.8) is 0 Å². The Kier molecular flexibility index (Phi) is 5.43. The number of rotatable bonds is 7. The highest BCUT2D eigenvalue weighted by molar-refractivity contribution is 9.10. The minimum absolute atomic E-state index is 0.0410. The lowest BCUT2D eigenvalue weighted by Gasteiger charge is -2.04. The third-order valence-electron chi connectivity index (χ3n) is 2.82. The van der Waals surface area contributed by atoms with Gasteiger partial charge in [-0.3, -0.25) is 10.1 Å². The third-order valence-corrected chi connectivity index (χ3v) is 3.46. The molecule has 0 atom stereocenters. The minimum atomic E-state index is -0.428. The van der Waals surface area contributed by atoms with Crippen molar-refractivity contribution < 1.29 is 9.66 Å². The summed E-state index contributed by atoms with van der Waals surface area (Å²) in [6.45, 7) is 2.04. The van der Waals surface area contributed by atoms with Crippen LogP contribution in [0.5, 0.6) is 0 Å². The first-order valence-corrected chi connectivity index (χ1v) is 7.09. The fourth-order valence-electron chi connectivity index (χ4n) is 1.78. The molecule has 1 aromatic carbocycles. The van der Waals surface area contributed by atoms with E-state index >= 15 is 0 Å². The molecule has 0 spiro atoms. The smallest absolute Gasteiger partial charge is 0.270 e. The third kappa shape index (κ3) is 4.10. The second-order valence-corrected chi connectivity index (χ2v) is 5.17. The first-order chi connectivity index (χ1) is 10.1. The van der Waals surface area contributed by atoms with Crippen LogP contribution in [0.1, 0.15) is 5.69 Å². The monoisotopic (exact) mass is 354 g/mol. The van der Waals surface area contributed by atoms with Crippen molar-refractivity contribution >= 4 is 21.6 Å². The molecule has 0 amide bonds. The quantitative estimate of drug-likeness (QED) is 0.468. The van der Waals surface area contributed by atoms with Crippen molar-refractivity contribution in [2.75, 3.05) is 20.3 Å². The van der Waals surface area contributed by atoms with Crippen molar-refractivity contribution in [1.82, 2.24) is 15.1 Å². The number of benzene rings is 1. The first-order valence-electron chi connectivity index (χ1n) is 6.30. The number of ether oxygens (including phenoxy) is 1. The number of non-ortho nitro benzene ring substituents is 1. The lowest BCUT2D eigenvalue weighted by Crippen LogP contribution is -2.18. The summed E-state index contributed by atoms with van der Waals surface area (Å²) in [7, 11) is 1.66. The van der Waals surface area contributed by atoms with Crippen molar-refractivity contribution in [3.05, 3.63) is 50.7 Å².